The van der Waals surface area contributed by atoms with E-state index in [1.165, 1.54) is 31.2 Å². The molecule has 0 bridgehead atoms. The number of rotatable bonds is 5. The van der Waals surface area contributed by atoms with Crippen molar-refractivity contribution in [1.29, 1.82) is 0 Å². The monoisotopic (exact) mass is 317 g/mol. The Morgan fingerprint density at radius 1 is 0.833 bits per heavy atom. The topological polar surface area (TPSA) is 0 Å². The third kappa shape index (κ3) is 2.42. The smallest absolute Gasteiger partial charge is 0.00872 e. The van der Waals surface area contributed by atoms with Crippen molar-refractivity contribution in [1.82, 2.24) is 0 Å². The van der Waals surface area contributed by atoms with Crippen molar-refractivity contribution >= 4 is 0 Å². The summed E-state index contributed by atoms with van der Waals surface area (Å²) in [4.78, 5) is 0. The lowest BCUT2D eigenvalue weighted by Gasteiger charge is -2.36. The SMILES string of the molecule is CCc1c(Cc2ccccc2)c([C]2CC2C)c2c(c1CC)C(C)C2. The molecular formula is C24H29. The first-order chi connectivity index (χ1) is 11.7. The van der Waals surface area contributed by atoms with Gasteiger partial charge in [-0.15, -0.1) is 0 Å². The molecule has 0 N–H and O–H groups in total. The molecule has 0 aromatic heterocycles. The van der Waals surface area contributed by atoms with Crippen LogP contribution < -0.4 is 0 Å². The molecule has 125 valence electrons. The van der Waals surface area contributed by atoms with E-state index >= 15 is 0 Å². The lowest BCUT2D eigenvalue weighted by atomic mass is 9.68. The van der Waals surface area contributed by atoms with E-state index in [0.29, 0.717) is 0 Å². The van der Waals surface area contributed by atoms with Crippen LogP contribution in [-0.4, -0.2) is 0 Å². The van der Waals surface area contributed by atoms with Crippen molar-refractivity contribution in [3.63, 3.8) is 0 Å². The maximum absolute atomic E-state index is 2.42. The van der Waals surface area contributed by atoms with Crippen LogP contribution in [0.25, 0.3) is 0 Å². The van der Waals surface area contributed by atoms with Crippen LogP contribution in [0.5, 0.6) is 0 Å². The van der Waals surface area contributed by atoms with Crippen LogP contribution in [0.2, 0.25) is 0 Å². The fourth-order valence-electron chi connectivity index (χ4n) is 4.91. The molecule has 0 heterocycles. The highest BCUT2D eigenvalue weighted by molar-refractivity contribution is 5.65. The summed E-state index contributed by atoms with van der Waals surface area (Å²) < 4.78 is 0. The average Bonchev–Trinajstić information content (AvgIpc) is 3.30. The van der Waals surface area contributed by atoms with Gasteiger partial charge in [0.2, 0.25) is 0 Å². The van der Waals surface area contributed by atoms with E-state index in [-0.39, 0.29) is 0 Å². The zero-order chi connectivity index (χ0) is 16.8. The number of benzene rings is 2. The maximum atomic E-state index is 2.42. The maximum Gasteiger partial charge on any atom is 0.00872 e. The summed E-state index contributed by atoms with van der Waals surface area (Å²) in [6.07, 6.45) is 6.06. The highest BCUT2D eigenvalue weighted by atomic mass is 14.5. The van der Waals surface area contributed by atoms with Crippen LogP contribution in [0, 0.1) is 11.8 Å². The van der Waals surface area contributed by atoms with E-state index in [1.807, 2.05) is 0 Å². The first-order valence-corrected chi connectivity index (χ1v) is 9.74. The summed E-state index contributed by atoms with van der Waals surface area (Å²) in [6.45, 7) is 9.51. The van der Waals surface area contributed by atoms with E-state index in [9.17, 15) is 0 Å². The molecule has 0 heteroatoms. The van der Waals surface area contributed by atoms with Crippen LogP contribution in [-0.2, 0) is 25.7 Å². The second kappa shape index (κ2) is 6.06. The number of hydrogen-bond acceptors (Lipinski definition) is 0. The van der Waals surface area contributed by atoms with Gasteiger partial charge >= 0.3 is 0 Å². The predicted molar refractivity (Wildman–Crippen MR) is 103 cm³/mol. The highest BCUT2D eigenvalue weighted by Gasteiger charge is 2.42. The second-order valence-electron chi connectivity index (χ2n) is 7.81. The molecule has 2 unspecified atom stereocenters. The quantitative estimate of drug-likeness (QED) is 0.632. The van der Waals surface area contributed by atoms with E-state index in [2.05, 4.69) is 58.0 Å². The molecule has 2 aromatic carbocycles. The Labute approximate surface area is 147 Å². The van der Waals surface area contributed by atoms with Crippen molar-refractivity contribution < 1.29 is 0 Å². The first-order valence-electron chi connectivity index (χ1n) is 9.74. The van der Waals surface area contributed by atoms with Gasteiger partial charge in [-0.25, -0.2) is 0 Å². The van der Waals surface area contributed by atoms with Gasteiger partial charge in [-0.3, -0.25) is 0 Å². The zero-order valence-corrected chi connectivity index (χ0v) is 15.6. The number of hydrogen-bond donors (Lipinski definition) is 0. The molecule has 0 saturated heterocycles. The Morgan fingerprint density at radius 3 is 2.04 bits per heavy atom. The predicted octanol–water partition coefficient (Wildman–Crippen LogP) is 6.02. The zero-order valence-electron chi connectivity index (χ0n) is 15.6. The van der Waals surface area contributed by atoms with Gasteiger partial charge in [0, 0.05) is 5.92 Å². The molecule has 0 amide bonds. The summed E-state index contributed by atoms with van der Waals surface area (Å²) in [7, 11) is 0. The Kier molecular flexibility index (Phi) is 4.03. The van der Waals surface area contributed by atoms with Gasteiger partial charge in [-0.1, -0.05) is 58.0 Å². The minimum atomic E-state index is 0.763. The molecular weight excluding hydrogens is 288 g/mol. The molecule has 1 saturated carbocycles. The van der Waals surface area contributed by atoms with E-state index in [4.69, 9.17) is 0 Å². The molecule has 2 aromatic rings. The van der Waals surface area contributed by atoms with Gasteiger partial charge in [-0.05, 0) is 82.9 Å². The van der Waals surface area contributed by atoms with Crippen LogP contribution in [0.1, 0.15) is 79.0 Å². The van der Waals surface area contributed by atoms with Crippen molar-refractivity contribution in [2.24, 2.45) is 5.92 Å². The second-order valence-corrected chi connectivity index (χ2v) is 7.81. The molecule has 24 heavy (non-hydrogen) atoms. The van der Waals surface area contributed by atoms with Crippen LogP contribution in [0.4, 0.5) is 0 Å². The Balaban J connectivity index is 1.91. The molecule has 0 aliphatic heterocycles. The molecule has 1 fully saturated rings. The lowest BCUT2D eigenvalue weighted by Crippen LogP contribution is -2.24. The van der Waals surface area contributed by atoms with E-state index in [0.717, 1.165) is 18.3 Å². The van der Waals surface area contributed by atoms with Crippen molar-refractivity contribution in [3.8, 4) is 0 Å². The fourth-order valence-corrected chi connectivity index (χ4v) is 4.91. The fraction of sp³-hybridized carbons (Fsp3) is 0.458. The van der Waals surface area contributed by atoms with E-state index < -0.39 is 0 Å². The minimum Gasteiger partial charge on any atom is -0.0622 e. The highest BCUT2D eigenvalue weighted by Crippen LogP contribution is 2.54. The summed E-state index contributed by atoms with van der Waals surface area (Å²) in [5.41, 5.74) is 11.6. The van der Waals surface area contributed by atoms with Gasteiger partial charge in [-0.2, -0.15) is 0 Å². The van der Waals surface area contributed by atoms with Crippen molar-refractivity contribution in [3.05, 3.63) is 75.2 Å². The Morgan fingerprint density at radius 2 is 1.50 bits per heavy atom. The summed E-state index contributed by atoms with van der Waals surface area (Å²) in [5, 5.41) is 0. The molecule has 4 rings (SSSR count). The van der Waals surface area contributed by atoms with Gasteiger partial charge < -0.3 is 0 Å². The summed E-state index contributed by atoms with van der Waals surface area (Å²) in [5.74, 6) is 3.30. The third-order valence-electron chi connectivity index (χ3n) is 6.20. The summed E-state index contributed by atoms with van der Waals surface area (Å²) in [6, 6.07) is 11.1. The first kappa shape index (κ1) is 15.9. The number of fused-ring (bicyclic) bond motifs is 1. The summed E-state index contributed by atoms with van der Waals surface area (Å²) >= 11 is 0. The molecule has 2 atom stereocenters. The Hall–Kier alpha value is -1.56. The van der Waals surface area contributed by atoms with E-state index in [1.54, 1.807) is 39.3 Å². The van der Waals surface area contributed by atoms with Gasteiger partial charge in [0.15, 0.2) is 0 Å². The van der Waals surface area contributed by atoms with Crippen molar-refractivity contribution in [2.75, 3.05) is 0 Å². The van der Waals surface area contributed by atoms with Gasteiger partial charge in [0.1, 0.15) is 0 Å². The Bertz CT molecular complexity index is 754. The molecule has 0 nitrogen and oxygen atoms in total. The lowest BCUT2D eigenvalue weighted by molar-refractivity contribution is 0.642. The average molecular weight is 317 g/mol. The third-order valence-corrected chi connectivity index (χ3v) is 6.20. The normalized spacial score (nSPS) is 22.2. The van der Waals surface area contributed by atoms with Crippen molar-refractivity contribution in [2.45, 2.75) is 65.7 Å². The van der Waals surface area contributed by atoms with Crippen LogP contribution in [0.15, 0.2) is 30.3 Å². The van der Waals surface area contributed by atoms with Crippen LogP contribution >= 0.6 is 0 Å². The molecule has 2 aliphatic rings. The van der Waals surface area contributed by atoms with Gasteiger partial charge in [0.05, 0.1) is 0 Å². The van der Waals surface area contributed by atoms with Gasteiger partial charge in [0.25, 0.3) is 0 Å². The minimum absolute atomic E-state index is 0.763. The molecule has 2 aliphatic carbocycles. The molecule has 1 radical (unpaired) electrons. The molecule has 0 spiro atoms. The standard InChI is InChI=1S/C24H29/c1-5-18-19(6-2)23-16(4)13-22(23)24(20-12-15(20)3)21(18)14-17-10-8-7-9-11-17/h7-11,15-16H,5-6,12-14H2,1-4H3. The largest absolute Gasteiger partial charge is 0.0622 e. The van der Waals surface area contributed by atoms with Crippen LogP contribution in [0.3, 0.4) is 0 Å².